The zero-order valence-corrected chi connectivity index (χ0v) is 14.6. The van der Waals surface area contributed by atoms with Crippen molar-refractivity contribution in [3.8, 4) is 11.6 Å². The molecule has 0 spiro atoms. The SMILES string of the molecule is NC1CCc2ncc(NC(=O)CCc3nc(-c4ncccn4)no3)cc2C1. The molecule has 0 aromatic carbocycles. The van der Waals surface area contributed by atoms with Gasteiger partial charge in [-0.2, -0.15) is 4.98 Å². The van der Waals surface area contributed by atoms with E-state index in [0.717, 1.165) is 30.5 Å². The molecule has 27 heavy (non-hydrogen) atoms. The number of rotatable bonds is 5. The molecule has 0 saturated carbocycles. The molecule has 1 aliphatic rings. The molecule has 1 unspecified atom stereocenters. The predicted octanol–water partition coefficient (Wildman–Crippen LogP) is 1.31. The quantitative estimate of drug-likeness (QED) is 0.691. The van der Waals surface area contributed by atoms with E-state index in [-0.39, 0.29) is 18.4 Å². The summed E-state index contributed by atoms with van der Waals surface area (Å²) in [6, 6.07) is 3.82. The summed E-state index contributed by atoms with van der Waals surface area (Å²) < 4.78 is 5.16. The summed E-state index contributed by atoms with van der Waals surface area (Å²) >= 11 is 0. The number of hydrogen-bond donors (Lipinski definition) is 2. The van der Waals surface area contributed by atoms with E-state index in [4.69, 9.17) is 10.3 Å². The molecule has 3 heterocycles. The molecule has 0 aliphatic heterocycles. The maximum atomic E-state index is 12.2. The van der Waals surface area contributed by atoms with Gasteiger partial charge in [-0.05, 0) is 37.0 Å². The van der Waals surface area contributed by atoms with Crippen LogP contribution in [-0.2, 0) is 24.1 Å². The van der Waals surface area contributed by atoms with Gasteiger partial charge in [-0.3, -0.25) is 9.78 Å². The minimum atomic E-state index is -0.146. The second-order valence-electron chi connectivity index (χ2n) is 6.46. The molecule has 3 aromatic rings. The van der Waals surface area contributed by atoms with Crippen LogP contribution in [0.2, 0.25) is 0 Å². The molecule has 0 radical (unpaired) electrons. The van der Waals surface area contributed by atoms with Gasteiger partial charge < -0.3 is 15.6 Å². The third-order valence-electron chi connectivity index (χ3n) is 4.38. The summed E-state index contributed by atoms with van der Waals surface area (Å²) in [5.41, 5.74) is 8.86. The van der Waals surface area contributed by atoms with Crippen LogP contribution in [0.5, 0.6) is 0 Å². The van der Waals surface area contributed by atoms with Crippen LogP contribution >= 0.6 is 0 Å². The first-order chi connectivity index (χ1) is 13.2. The Morgan fingerprint density at radius 1 is 1.26 bits per heavy atom. The molecule has 9 heteroatoms. The van der Waals surface area contributed by atoms with Gasteiger partial charge in [0.25, 0.3) is 0 Å². The van der Waals surface area contributed by atoms with E-state index in [1.54, 1.807) is 24.7 Å². The highest BCUT2D eigenvalue weighted by Gasteiger charge is 2.17. The second-order valence-corrected chi connectivity index (χ2v) is 6.46. The average Bonchev–Trinajstić information content (AvgIpc) is 3.16. The smallest absolute Gasteiger partial charge is 0.240 e. The number of anilines is 1. The fraction of sp³-hybridized carbons (Fsp3) is 0.333. The van der Waals surface area contributed by atoms with Crippen LogP contribution < -0.4 is 11.1 Å². The van der Waals surface area contributed by atoms with E-state index in [1.165, 1.54) is 0 Å². The molecule has 1 amide bonds. The lowest BCUT2D eigenvalue weighted by molar-refractivity contribution is -0.116. The van der Waals surface area contributed by atoms with Crippen LogP contribution in [-0.4, -0.2) is 37.0 Å². The normalized spacial score (nSPS) is 16.0. The minimum Gasteiger partial charge on any atom is -0.339 e. The molecule has 0 fully saturated rings. The van der Waals surface area contributed by atoms with E-state index in [1.807, 2.05) is 6.07 Å². The molecular formula is C18H19N7O2. The first-order valence-electron chi connectivity index (χ1n) is 8.80. The number of nitrogens with zero attached hydrogens (tertiary/aromatic N) is 5. The van der Waals surface area contributed by atoms with E-state index >= 15 is 0 Å². The maximum absolute atomic E-state index is 12.2. The van der Waals surface area contributed by atoms with Gasteiger partial charge >= 0.3 is 0 Å². The van der Waals surface area contributed by atoms with E-state index in [2.05, 4.69) is 30.4 Å². The fourth-order valence-electron chi connectivity index (χ4n) is 3.02. The van der Waals surface area contributed by atoms with Crippen molar-refractivity contribution in [2.24, 2.45) is 5.73 Å². The van der Waals surface area contributed by atoms with Crippen molar-refractivity contribution in [1.29, 1.82) is 0 Å². The van der Waals surface area contributed by atoms with Crippen molar-refractivity contribution in [3.05, 3.63) is 47.9 Å². The molecule has 1 aliphatic carbocycles. The number of carbonyl (C=O) groups excluding carboxylic acids is 1. The monoisotopic (exact) mass is 365 g/mol. The molecule has 1 atom stereocenters. The number of fused-ring (bicyclic) bond motifs is 1. The first-order valence-corrected chi connectivity index (χ1v) is 8.80. The predicted molar refractivity (Wildman–Crippen MR) is 96.5 cm³/mol. The Morgan fingerprint density at radius 2 is 2.11 bits per heavy atom. The van der Waals surface area contributed by atoms with Crippen LogP contribution in [0.25, 0.3) is 11.6 Å². The van der Waals surface area contributed by atoms with Crippen molar-refractivity contribution >= 4 is 11.6 Å². The Bertz CT molecular complexity index is 942. The molecule has 138 valence electrons. The Labute approximate surface area is 155 Å². The standard InChI is InChI=1S/C18H19N7O2/c19-12-2-3-14-11(8-12)9-13(10-22-14)23-15(26)4-5-16-24-18(25-27-16)17-20-6-1-7-21-17/h1,6-7,9-10,12H,2-5,8,19H2,(H,23,26). The Balaban J connectivity index is 1.34. The number of nitrogens with two attached hydrogens (primary N) is 1. The van der Waals surface area contributed by atoms with Gasteiger partial charge in [-0.1, -0.05) is 5.16 Å². The maximum Gasteiger partial charge on any atom is 0.240 e. The highest BCUT2D eigenvalue weighted by Crippen LogP contribution is 2.21. The fourth-order valence-corrected chi connectivity index (χ4v) is 3.02. The largest absolute Gasteiger partial charge is 0.339 e. The summed E-state index contributed by atoms with van der Waals surface area (Å²) in [6.45, 7) is 0. The van der Waals surface area contributed by atoms with Crippen molar-refractivity contribution in [2.75, 3.05) is 5.32 Å². The number of nitrogens with one attached hydrogen (secondary N) is 1. The van der Waals surface area contributed by atoms with E-state index in [9.17, 15) is 4.79 Å². The summed E-state index contributed by atoms with van der Waals surface area (Å²) in [5, 5.41) is 6.70. The zero-order chi connectivity index (χ0) is 18.6. The van der Waals surface area contributed by atoms with Crippen molar-refractivity contribution < 1.29 is 9.32 Å². The van der Waals surface area contributed by atoms with Gasteiger partial charge in [0, 0.05) is 37.0 Å². The summed E-state index contributed by atoms with van der Waals surface area (Å²) in [6.07, 6.45) is 8.06. The van der Waals surface area contributed by atoms with Gasteiger partial charge in [-0.15, -0.1) is 0 Å². The number of aryl methyl sites for hydroxylation is 2. The van der Waals surface area contributed by atoms with Crippen LogP contribution in [0.4, 0.5) is 5.69 Å². The number of pyridine rings is 1. The molecule has 0 saturated heterocycles. The third kappa shape index (κ3) is 4.14. The molecule has 3 aromatic heterocycles. The minimum absolute atomic E-state index is 0.146. The number of hydrogen-bond acceptors (Lipinski definition) is 8. The van der Waals surface area contributed by atoms with E-state index in [0.29, 0.717) is 29.6 Å². The molecule has 3 N–H and O–H groups in total. The Kier molecular flexibility index (Phi) is 4.84. The Hall–Kier alpha value is -3.20. The lowest BCUT2D eigenvalue weighted by atomic mass is 9.92. The third-order valence-corrected chi connectivity index (χ3v) is 4.38. The zero-order valence-electron chi connectivity index (χ0n) is 14.6. The molecule has 4 rings (SSSR count). The van der Waals surface area contributed by atoms with Crippen molar-refractivity contribution in [3.63, 3.8) is 0 Å². The van der Waals surface area contributed by atoms with Gasteiger partial charge in [-0.25, -0.2) is 9.97 Å². The topological polar surface area (TPSA) is 133 Å². The molecular weight excluding hydrogens is 346 g/mol. The van der Waals surface area contributed by atoms with Gasteiger partial charge in [0.05, 0.1) is 11.9 Å². The Morgan fingerprint density at radius 3 is 2.96 bits per heavy atom. The highest BCUT2D eigenvalue weighted by atomic mass is 16.5. The van der Waals surface area contributed by atoms with Crippen LogP contribution in [0, 0.1) is 0 Å². The average molecular weight is 365 g/mol. The molecule has 9 nitrogen and oxygen atoms in total. The van der Waals surface area contributed by atoms with Gasteiger partial charge in [0.15, 0.2) is 0 Å². The van der Waals surface area contributed by atoms with E-state index < -0.39 is 0 Å². The number of aromatic nitrogens is 5. The van der Waals surface area contributed by atoms with Gasteiger partial charge in [0.2, 0.25) is 23.4 Å². The van der Waals surface area contributed by atoms with Crippen molar-refractivity contribution in [1.82, 2.24) is 25.1 Å². The van der Waals surface area contributed by atoms with Crippen LogP contribution in [0.15, 0.2) is 35.2 Å². The number of amides is 1. The highest BCUT2D eigenvalue weighted by molar-refractivity contribution is 5.90. The molecule has 0 bridgehead atoms. The van der Waals surface area contributed by atoms with Crippen LogP contribution in [0.1, 0.15) is 30.0 Å². The second kappa shape index (κ2) is 7.58. The summed E-state index contributed by atoms with van der Waals surface area (Å²) in [5.74, 6) is 0.909. The summed E-state index contributed by atoms with van der Waals surface area (Å²) in [4.78, 5) is 29.0. The summed E-state index contributed by atoms with van der Waals surface area (Å²) in [7, 11) is 0. The van der Waals surface area contributed by atoms with Gasteiger partial charge in [0.1, 0.15) is 0 Å². The van der Waals surface area contributed by atoms with Crippen molar-refractivity contribution in [2.45, 2.75) is 38.1 Å². The number of carbonyl (C=O) groups is 1. The lowest BCUT2D eigenvalue weighted by Gasteiger charge is -2.21. The van der Waals surface area contributed by atoms with Crippen LogP contribution in [0.3, 0.4) is 0 Å². The lowest BCUT2D eigenvalue weighted by Crippen LogP contribution is -2.28. The first kappa shape index (κ1) is 17.2.